The third-order valence-corrected chi connectivity index (χ3v) is 7.31. The van der Waals surface area contributed by atoms with E-state index in [0.717, 1.165) is 18.1 Å². The summed E-state index contributed by atoms with van der Waals surface area (Å²) in [7, 11) is -2.72. The minimum Gasteiger partial charge on any atom is -0.495 e. The van der Waals surface area contributed by atoms with Gasteiger partial charge in [0.15, 0.2) is 6.61 Å². The van der Waals surface area contributed by atoms with Gasteiger partial charge in [-0.1, -0.05) is 24.3 Å². The smallest absolute Gasteiger partial charge is 0.338 e. The Balaban J connectivity index is 1.54. The highest BCUT2D eigenvalue weighted by atomic mass is 32.2. The number of hydrogen-bond acceptors (Lipinski definition) is 6. The first-order valence-corrected chi connectivity index (χ1v) is 12.2. The van der Waals surface area contributed by atoms with E-state index in [0.29, 0.717) is 12.1 Å². The second-order valence-corrected chi connectivity index (χ2v) is 9.64. The van der Waals surface area contributed by atoms with Crippen LogP contribution in [0, 0.1) is 5.82 Å². The van der Waals surface area contributed by atoms with Crippen molar-refractivity contribution in [2.45, 2.75) is 17.7 Å². The molecular formula is C25H23FN2O6S. The van der Waals surface area contributed by atoms with Crippen molar-refractivity contribution in [2.24, 2.45) is 0 Å². The van der Waals surface area contributed by atoms with Crippen LogP contribution in [0.5, 0.6) is 5.75 Å². The first kappa shape index (κ1) is 24.2. The zero-order valence-corrected chi connectivity index (χ0v) is 19.7. The maximum absolute atomic E-state index is 13.6. The average molecular weight is 499 g/mol. The van der Waals surface area contributed by atoms with Crippen LogP contribution in [0.4, 0.5) is 15.8 Å². The van der Waals surface area contributed by atoms with Crippen molar-refractivity contribution < 1.29 is 31.9 Å². The molecule has 0 spiro atoms. The molecule has 182 valence electrons. The quantitative estimate of drug-likeness (QED) is 0.498. The van der Waals surface area contributed by atoms with E-state index >= 15 is 0 Å². The lowest BCUT2D eigenvalue weighted by molar-refractivity contribution is -0.119. The number of esters is 1. The number of carbonyl (C=O) groups excluding carboxylic acids is 2. The second-order valence-electron chi connectivity index (χ2n) is 7.81. The van der Waals surface area contributed by atoms with Gasteiger partial charge in [-0.25, -0.2) is 17.6 Å². The van der Waals surface area contributed by atoms with Crippen molar-refractivity contribution in [3.63, 3.8) is 0 Å². The number of carbonyl (C=O) groups is 2. The van der Waals surface area contributed by atoms with Gasteiger partial charge in [-0.2, -0.15) is 0 Å². The van der Waals surface area contributed by atoms with Gasteiger partial charge in [0.1, 0.15) is 16.5 Å². The van der Waals surface area contributed by atoms with Crippen LogP contribution in [0.3, 0.4) is 0 Å². The number of methoxy groups -OCH3 is 1. The standard InChI is InChI=1S/C25H23FN2O6S/c1-33-22-12-11-18(25(30)34-16-24(29)27-20-9-4-8-19(26)15-20)14-23(22)35(31,32)28-13-5-7-17-6-2-3-10-21(17)28/h2-4,6,8-12,14-15H,5,7,13,16H2,1H3,(H,27,29). The Bertz CT molecular complexity index is 1380. The molecule has 1 aliphatic heterocycles. The van der Waals surface area contributed by atoms with E-state index in [9.17, 15) is 22.4 Å². The van der Waals surface area contributed by atoms with Crippen LogP contribution in [0.15, 0.2) is 71.6 Å². The fourth-order valence-corrected chi connectivity index (χ4v) is 5.58. The van der Waals surface area contributed by atoms with Crippen molar-refractivity contribution in [1.29, 1.82) is 0 Å². The second kappa shape index (κ2) is 10.1. The number of sulfonamides is 1. The largest absolute Gasteiger partial charge is 0.495 e. The van der Waals surface area contributed by atoms with Gasteiger partial charge in [-0.15, -0.1) is 0 Å². The molecule has 0 saturated heterocycles. The molecule has 3 aromatic carbocycles. The van der Waals surface area contributed by atoms with Gasteiger partial charge in [-0.05, 0) is 60.9 Å². The lowest BCUT2D eigenvalue weighted by Crippen LogP contribution is -2.35. The fraction of sp³-hybridized carbons (Fsp3) is 0.200. The number of hydrogen-bond donors (Lipinski definition) is 1. The number of nitrogens with one attached hydrogen (secondary N) is 1. The molecule has 3 aromatic rings. The predicted molar refractivity (Wildman–Crippen MR) is 128 cm³/mol. The van der Waals surface area contributed by atoms with E-state index in [2.05, 4.69) is 5.32 Å². The van der Waals surface area contributed by atoms with Gasteiger partial charge in [0, 0.05) is 12.2 Å². The molecule has 4 rings (SSSR count). The normalized spacial score (nSPS) is 13.0. The summed E-state index contributed by atoms with van der Waals surface area (Å²) in [6.07, 6.45) is 1.42. The van der Waals surface area contributed by atoms with E-state index in [4.69, 9.17) is 9.47 Å². The van der Waals surface area contributed by atoms with Crippen LogP contribution in [0.2, 0.25) is 0 Å². The summed E-state index contributed by atoms with van der Waals surface area (Å²) in [6, 6.07) is 16.4. The van der Waals surface area contributed by atoms with E-state index in [1.807, 2.05) is 12.1 Å². The van der Waals surface area contributed by atoms with Gasteiger partial charge >= 0.3 is 5.97 Å². The molecule has 0 bridgehead atoms. The summed E-state index contributed by atoms with van der Waals surface area (Å²) in [5.74, 6) is -2.01. The molecule has 0 aliphatic carbocycles. The highest BCUT2D eigenvalue weighted by molar-refractivity contribution is 7.93. The van der Waals surface area contributed by atoms with Gasteiger partial charge in [0.05, 0.1) is 18.4 Å². The molecule has 1 amide bonds. The predicted octanol–water partition coefficient (Wildman–Crippen LogP) is 3.77. The van der Waals surface area contributed by atoms with E-state index < -0.39 is 34.3 Å². The van der Waals surface area contributed by atoms with Crippen LogP contribution in [0.25, 0.3) is 0 Å². The Morgan fingerprint density at radius 1 is 1.06 bits per heavy atom. The molecule has 35 heavy (non-hydrogen) atoms. The number of rotatable bonds is 7. The molecule has 0 aromatic heterocycles. The molecule has 0 saturated carbocycles. The number of halogens is 1. The van der Waals surface area contributed by atoms with Crippen LogP contribution in [-0.4, -0.2) is 40.6 Å². The fourth-order valence-electron chi connectivity index (χ4n) is 3.85. The summed E-state index contributed by atoms with van der Waals surface area (Å²) in [6.45, 7) is -0.347. The lowest BCUT2D eigenvalue weighted by atomic mass is 10.0. The van der Waals surface area contributed by atoms with Gasteiger partial charge in [0.25, 0.3) is 15.9 Å². The summed E-state index contributed by atoms with van der Waals surface area (Å²) < 4.78 is 52.1. The van der Waals surface area contributed by atoms with E-state index in [1.54, 1.807) is 12.1 Å². The highest BCUT2D eigenvalue weighted by Gasteiger charge is 2.32. The Labute approximate surface area is 202 Å². The van der Waals surface area contributed by atoms with Crippen molar-refractivity contribution in [3.8, 4) is 5.75 Å². The first-order valence-electron chi connectivity index (χ1n) is 10.8. The summed E-state index contributed by atoms with van der Waals surface area (Å²) in [5.41, 5.74) is 1.66. The Kier molecular flexibility index (Phi) is 7.02. The Morgan fingerprint density at radius 2 is 1.86 bits per heavy atom. The summed E-state index contributed by atoms with van der Waals surface area (Å²) in [4.78, 5) is 24.5. The number of amides is 1. The number of aryl methyl sites for hydroxylation is 1. The molecule has 0 fully saturated rings. The summed E-state index contributed by atoms with van der Waals surface area (Å²) >= 11 is 0. The number of anilines is 2. The van der Waals surface area contributed by atoms with Crippen LogP contribution >= 0.6 is 0 Å². The molecule has 1 N–H and O–H groups in total. The van der Waals surface area contributed by atoms with Crippen LogP contribution in [-0.2, 0) is 26.0 Å². The van der Waals surface area contributed by atoms with Gasteiger partial charge in [-0.3, -0.25) is 9.10 Å². The molecule has 8 nitrogen and oxygen atoms in total. The minimum atomic E-state index is -4.06. The third kappa shape index (κ3) is 5.27. The SMILES string of the molecule is COc1ccc(C(=O)OCC(=O)Nc2cccc(F)c2)cc1S(=O)(=O)N1CCCc2ccccc21. The Hall–Kier alpha value is -3.92. The maximum Gasteiger partial charge on any atom is 0.338 e. The number of para-hydroxylation sites is 1. The van der Waals surface area contributed by atoms with E-state index in [1.165, 1.54) is 47.8 Å². The molecular weight excluding hydrogens is 475 g/mol. The zero-order valence-electron chi connectivity index (χ0n) is 18.9. The van der Waals surface area contributed by atoms with Crippen LogP contribution < -0.4 is 14.4 Å². The average Bonchev–Trinajstić information content (AvgIpc) is 2.86. The molecule has 0 unspecified atom stereocenters. The lowest BCUT2D eigenvalue weighted by Gasteiger charge is -2.30. The molecule has 10 heteroatoms. The van der Waals surface area contributed by atoms with Crippen LogP contribution in [0.1, 0.15) is 22.3 Å². The summed E-state index contributed by atoms with van der Waals surface area (Å²) in [5, 5.41) is 2.42. The monoisotopic (exact) mass is 498 g/mol. The maximum atomic E-state index is 13.6. The Morgan fingerprint density at radius 3 is 2.63 bits per heavy atom. The molecule has 1 heterocycles. The van der Waals surface area contributed by atoms with Crippen molar-refractivity contribution in [1.82, 2.24) is 0 Å². The number of nitrogens with zero attached hydrogens (tertiary/aromatic N) is 1. The zero-order chi connectivity index (χ0) is 25.0. The highest BCUT2D eigenvalue weighted by Crippen LogP contribution is 2.35. The van der Waals surface area contributed by atoms with Crippen molar-refractivity contribution in [2.75, 3.05) is 29.9 Å². The third-order valence-electron chi connectivity index (χ3n) is 5.48. The number of ether oxygens (including phenoxy) is 2. The first-order chi connectivity index (χ1) is 16.8. The van der Waals surface area contributed by atoms with E-state index in [-0.39, 0.29) is 28.4 Å². The molecule has 1 aliphatic rings. The molecule has 0 atom stereocenters. The minimum absolute atomic E-state index is 0.0618. The molecule has 0 radical (unpaired) electrons. The number of fused-ring (bicyclic) bond motifs is 1. The van der Waals surface area contributed by atoms with Crippen molar-refractivity contribution >= 4 is 33.3 Å². The number of benzene rings is 3. The van der Waals surface area contributed by atoms with Gasteiger partial charge in [0.2, 0.25) is 0 Å². The van der Waals surface area contributed by atoms with Gasteiger partial charge < -0.3 is 14.8 Å². The van der Waals surface area contributed by atoms with Crippen molar-refractivity contribution in [3.05, 3.63) is 83.7 Å². The topological polar surface area (TPSA) is 102 Å².